The summed E-state index contributed by atoms with van der Waals surface area (Å²) in [6, 6.07) is 11.1. The number of phenolic OH excluding ortho intramolecular Hbond substituents is 1. The molecular formula is C23H21ClN6O4. The highest BCUT2D eigenvalue weighted by Gasteiger charge is 2.30. The van der Waals surface area contributed by atoms with E-state index in [2.05, 4.69) is 25.9 Å². The maximum absolute atomic E-state index is 12.8. The van der Waals surface area contributed by atoms with Crippen molar-refractivity contribution in [3.63, 3.8) is 0 Å². The topological polar surface area (TPSA) is 159 Å². The molecular weight excluding hydrogens is 460 g/mol. The van der Waals surface area contributed by atoms with Gasteiger partial charge in [0.1, 0.15) is 11.4 Å². The molecule has 0 spiro atoms. The van der Waals surface area contributed by atoms with Gasteiger partial charge in [-0.3, -0.25) is 14.4 Å². The third-order valence-electron chi connectivity index (χ3n) is 5.38. The van der Waals surface area contributed by atoms with Crippen molar-refractivity contribution >= 4 is 35.1 Å². The zero-order chi connectivity index (χ0) is 24.2. The number of ketones is 1. The normalized spacial score (nSPS) is 17.2. The van der Waals surface area contributed by atoms with Crippen LogP contribution < -0.4 is 21.7 Å². The van der Waals surface area contributed by atoms with E-state index >= 15 is 0 Å². The Morgan fingerprint density at radius 3 is 2.38 bits per heavy atom. The van der Waals surface area contributed by atoms with E-state index in [0.29, 0.717) is 13.1 Å². The van der Waals surface area contributed by atoms with E-state index in [1.807, 2.05) is 0 Å². The molecule has 2 heterocycles. The molecule has 0 saturated carbocycles. The third kappa shape index (κ3) is 4.98. The van der Waals surface area contributed by atoms with Crippen LogP contribution in [-0.2, 0) is 0 Å². The van der Waals surface area contributed by atoms with Crippen molar-refractivity contribution < 1.29 is 19.5 Å². The molecule has 1 saturated heterocycles. The standard InChI is InChI=1S/C23H21ClN6O4/c24-15-9-12(5-6-13(15)20(32)14-3-1-2-4-19(14)31)21(33)28-17-10-26-11-18(17)29-22(34)16-7-8-27-23(25)30-16/h1-9,17-18,26,31H,10-11H2,(H,28,33)(H,29,34)(H2,25,27,30)/t17-,18-/m1/s1. The minimum Gasteiger partial charge on any atom is -0.507 e. The van der Waals surface area contributed by atoms with Crippen molar-refractivity contribution in [2.24, 2.45) is 0 Å². The van der Waals surface area contributed by atoms with Gasteiger partial charge in [0.2, 0.25) is 5.95 Å². The maximum atomic E-state index is 12.8. The molecule has 6 N–H and O–H groups in total. The number of rotatable bonds is 6. The Morgan fingerprint density at radius 1 is 1.00 bits per heavy atom. The first-order chi connectivity index (χ1) is 16.3. The van der Waals surface area contributed by atoms with E-state index < -0.39 is 23.6 Å². The van der Waals surface area contributed by atoms with E-state index in [0.717, 1.165) is 0 Å². The number of amides is 2. The Bertz CT molecular complexity index is 1270. The van der Waals surface area contributed by atoms with Crippen LogP contribution in [0.4, 0.5) is 5.95 Å². The van der Waals surface area contributed by atoms with Crippen molar-refractivity contribution in [3.05, 3.63) is 82.1 Å². The van der Waals surface area contributed by atoms with Gasteiger partial charge in [0.05, 0.1) is 22.7 Å². The van der Waals surface area contributed by atoms with Crippen LogP contribution in [0.3, 0.4) is 0 Å². The number of aromatic hydroxyl groups is 1. The Kier molecular flexibility index (Phi) is 6.71. The number of phenols is 1. The van der Waals surface area contributed by atoms with Crippen molar-refractivity contribution in [1.29, 1.82) is 0 Å². The number of hydrogen-bond acceptors (Lipinski definition) is 8. The smallest absolute Gasteiger partial charge is 0.270 e. The summed E-state index contributed by atoms with van der Waals surface area (Å²) < 4.78 is 0. The van der Waals surface area contributed by atoms with Gasteiger partial charge in [0.15, 0.2) is 5.78 Å². The largest absolute Gasteiger partial charge is 0.507 e. The number of anilines is 1. The Labute approximate surface area is 199 Å². The van der Waals surface area contributed by atoms with E-state index in [1.54, 1.807) is 12.1 Å². The summed E-state index contributed by atoms with van der Waals surface area (Å²) in [5.41, 5.74) is 6.18. The molecule has 0 bridgehead atoms. The van der Waals surface area contributed by atoms with Gasteiger partial charge in [0.25, 0.3) is 11.8 Å². The minimum absolute atomic E-state index is 0.0108. The summed E-state index contributed by atoms with van der Waals surface area (Å²) >= 11 is 6.29. The number of hydrogen-bond donors (Lipinski definition) is 5. The molecule has 1 aliphatic rings. The molecule has 1 fully saturated rings. The second-order valence-corrected chi connectivity index (χ2v) is 8.07. The maximum Gasteiger partial charge on any atom is 0.270 e. The number of carbonyl (C=O) groups is 3. The van der Waals surface area contributed by atoms with Gasteiger partial charge >= 0.3 is 0 Å². The average Bonchev–Trinajstić information content (AvgIpc) is 3.25. The lowest BCUT2D eigenvalue weighted by atomic mass is 10.0. The average molecular weight is 481 g/mol. The van der Waals surface area contributed by atoms with Gasteiger partial charge in [-0.25, -0.2) is 9.97 Å². The molecule has 3 aromatic rings. The fraction of sp³-hybridized carbons (Fsp3) is 0.174. The van der Waals surface area contributed by atoms with Gasteiger partial charge in [-0.05, 0) is 36.4 Å². The van der Waals surface area contributed by atoms with Crippen LogP contribution >= 0.6 is 11.6 Å². The zero-order valence-corrected chi connectivity index (χ0v) is 18.5. The highest BCUT2D eigenvalue weighted by atomic mass is 35.5. The third-order valence-corrected chi connectivity index (χ3v) is 5.69. The lowest BCUT2D eigenvalue weighted by molar-refractivity contribution is 0.0894. The number of halogens is 1. The number of nitrogen functional groups attached to an aromatic ring is 1. The lowest BCUT2D eigenvalue weighted by Crippen LogP contribution is -2.51. The fourth-order valence-corrected chi connectivity index (χ4v) is 3.89. The summed E-state index contributed by atoms with van der Waals surface area (Å²) in [7, 11) is 0. The number of benzene rings is 2. The predicted octanol–water partition coefficient (Wildman–Crippen LogP) is 1.15. The van der Waals surface area contributed by atoms with Crippen molar-refractivity contribution in [3.8, 4) is 5.75 Å². The van der Waals surface area contributed by atoms with Crippen LogP contribution in [0.1, 0.15) is 36.8 Å². The van der Waals surface area contributed by atoms with Gasteiger partial charge in [-0.15, -0.1) is 0 Å². The van der Waals surface area contributed by atoms with E-state index in [9.17, 15) is 19.5 Å². The number of nitrogens with two attached hydrogens (primary N) is 1. The first kappa shape index (κ1) is 23.1. The molecule has 4 rings (SSSR count). The number of para-hydroxylation sites is 1. The summed E-state index contributed by atoms with van der Waals surface area (Å²) in [4.78, 5) is 45.7. The van der Waals surface area contributed by atoms with Crippen molar-refractivity contribution in [2.75, 3.05) is 18.8 Å². The first-order valence-electron chi connectivity index (χ1n) is 10.4. The predicted molar refractivity (Wildman–Crippen MR) is 125 cm³/mol. The van der Waals surface area contributed by atoms with Crippen molar-refractivity contribution in [1.82, 2.24) is 25.9 Å². The molecule has 2 atom stereocenters. The Balaban J connectivity index is 1.44. The van der Waals surface area contributed by atoms with Gasteiger partial charge in [-0.1, -0.05) is 23.7 Å². The van der Waals surface area contributed by atoms with Crippen LogP contribution in [0.5, 0.6) is 5.75 Å². The second-order valence-electron chi connectivity index (χ2n) is 7.66. The summed E-state index contributed by atoms with van der Waals surface area (Å²) in [5, 5.41) is 18.8. The molecule has 1 aliphatic heterocycles. The molecule has 0 radical (unpaired) electrons. The number of aromatic nitrogens is 2. The monoisotopic (exact) mass is 480 g/mol. The first-order valence-corrected chi connectivity index (χ1v) is 10.7. The zero-order valence-electron chi connectivity index (χ0n) is 17.8. The summed E-state index contributed by atoms with van der Waals surface area (Å²) in [5.74, 6) is -1.47. The molecule has 2 amide bonds. The molecule has 0 unspecified atom stereocenters. The molecule has 1 aromatic heterocycles. The number of nitrogens with zero attached hydrogens (tertiary/aromatic N) is 2. The van der Waals surface area contributed by atoms with Gasteiger partial charge in [-0.2, -0.15) is 0 Å². The fourth-order valence-electron chi connectivity index (χ4n) is 3.63. The summed E-state index contributed by atoms with van der Waals surface area (Å²) in [6.07, 6.45) is 1.39. The molecule has 174 valence electrons. The van der Waals surface area contributed by atoms with Crippen LogP contribution in [0.25, 0.3) is 0 Å². The number of carbonyl (C=O) groups excluding carboxylic acids is 3. The molecule has 34 heavy (non-hydrogen) atoms. The van der Waals surface area contributed by atoms with E-state index in [-0.39, 0.29) is 45.1 Å². The second kappa shape index (κ2) is 9.86. The van der Waals surface area contributed by atoms with Crippen LogP contribution in [0, 0.1) is 0 Å². The number of nitrogens with one attached hydrogen (secondary N) is 3. The van der Waals surface area contributed by atoms with Crippen LogP contribution in [0.2, 0.25) is 5.02 Å². The lowest BCUT2D eigenvalue weighted by Gasteiger charge is -2.21. The highest BCUT2D eigenvalue weighted by molar-refractivity contribution is 6.35. The summed E-state index contributed by atoms with van der Waals surface area (Å²) in [6.45, 7) is 0.895. The molecule has 11 heteroatoms. The molecule has 10 nitrogen and oxygen atoms in total. The SMILES string of the molecule is Nc1nccc(C(=O)N[C@@H]2CNC[C@H]2NC(=O)c2ccc(C(=O)c3ccccc3O)c(Cl)c2)n1. The quantitative estimate of drug-likeness (QED) is 0.328. The molecule has 2 aromatic carbocycles. The van der Waals surface area contributed by atoms with E-state index in [4.69, 9.17) is 17.3 Å². The van der Waals surface area contributed by atoms with Crippen LogP contribution in [0.15, 0.2) is 54.7 Å². The van der Waals surface area contributed by atoms with Gasteiger partial charge in [0, 0.05) is 30.4 Å². The Morgan fingerprint density at radius 2 is 1.71 bits per heavy atom. The van der Waals surface area contributed by atoms with Gasteiger partial charge < -0.3 is 26.8 Å². The highest BCUT2D eigenvalue weighted by Crippen LogP contribution is 2.25. The molecule has 0 aliphatic carbocycles. The van der Waals surface area contributed by atoms with E-state index in [1.165, 1.54) is 42.6 Å². The van der Waals surface area contributed by atoms with Crippen LogP contribution in [-0.4, -0.2) is 57.8 Å². The van der Waals surface area contributed by atoms with Crippen molar-refractivity contribution in [2.45, 2.75) is 12.1 Å². The Hall–Kier alpha value is -4.02. The minimum atomic E-state index is -0.455.